The lowest BCUT2D eigenvalue weighted by atomic mass is 10.1. The first-order valence-corrected chi connectivity index (χ1v) is 9.70. The van der Waals surface area contributed by atoms with E-state index in [0.29, 0.717) is 6.54 Å². The van der Waals surface area contributed by atoms with E-state index >= 15 is 0 Å². The number of nitrogens with one attached hydrogen (secondary N) is 1. The van der Waals surface area contributed by atoms with E-state index in [1.807, 2.05) is 43.3 Å². The number of β-amino-alcohol motifs (C(OH)–C–C–N with tert-alkyl or cyclic N) is 1. The molecule has 3 aromatic heterocycles. The van der Waals surface area contributed by atoms with Gasteiger partial charge in [-0.05, 0) is 56.3 Å². The van der Waals surface area contributed by atoms with Crippen LogP contribution in [-0.4, -0.2) is 51.2 Å². The summed E-state index contributed by atoms with van der Waals surface area (Å²) in [6.07, 6.45) is 8.73. The van der Waals surface area contributed by atoms with Gasteiger partial charge in [0.15, 0.2) is 0 Å². The van der Waals surface area contributed by atoms with Crippen LogP contribution in [0.15, 0.2) is 53.8 Å². The van der Waals surface area contributed by atoms with E-state index < -0.39 is 0 Å². The number of aliphatic hydroxyl groups is 1. The molecule has 7 nitrogen and oxygen atoms in total. The summed E-state index contributed by atoms with van der Waals surface area (Å²) < 4.78 is 0. The molecule has 3 aromatic rings. The third kappa shape index (κ3) is 4.09. The third-order valence-corrected chi connectivity index (χ3v) is 5.09. The van der Waals surface area contributed by atoms with Crippen LogP contribution in [0.1, 0.15) is 25.5 Å². The molecular formula is C22H24N6O. The molecule has 4 rings (SSSR count). The van der Waals surface area contributed by atoms with Crippen LogP contribution in [0, 0.1) is 0 Å². The number of pyridine rings is 2. The summed E-state index contributed by atoms with van der Waals surface area (Å²) in [4.78, 5) is 15.2. The van der Waals surface area contributed by atoms with Gasteiger partial charge in [0, 0.05) is 24.7 Å². The monoisotopic (exact) mass is 388 g/mol. The Kier molecular flexibility index (Phi) is 5.48. The minimum atomic E-state index is -0.297. The first kappa shape index (κ1) is 19.0. The van der Waals surface area contributed by atoms with Crippen molar-refractivity contribution in [3.05, 3.63) is 54.5 Å². The minimum Gasteiger partial charge on any atom is -0.391 e. The second-order valence-corrected chi connectivity index (χ2v) is 7.18. The van der Waals surface area contributed by atoms with Gasteiger partial charge in [0.2, 0.25) is 0 Å². The van der Waals surface area contributed by atoms with Gasteiger partial charge < -0.3 is 10.0 Å². The van der Waals surface area contributed by atoms with Crippen molar-refractivity contribution >= 4 is 29.0 Å². The normalized spacial score (nSPS) is 17.9. The average molecular weight is 388 g/mol. The quantitative estimate of drug-likeness (QED) is 0.515. The topological polar surface area (TPSA) is 90.3 Å². The van der Waals surface area contributed by atoms with Crippen LogP contribution in [0.4, 0.5) is 5.82 Å². The molecule has 0 spiro atoms. The van der Waals surface area contributed by atoms with Crippen molar-refractivity contribution in [1.82, 2.24) is 20.2 Å². The van der Waals surface area contributed by atoms with Crippen LogP contribution in [0.5, 0.6) is 0 Å². The number of fused-ring (bicyclic) bond motifs is 1. The van der Waals surface area contributed by atoms with Crippen molar-refractivity contribution in [3.8, 4) is 11.4 Å². The molecule has 0 bridgehead atoms. The maximum Gasteiger partial charge on any atom is 0.129 e. The van der Waals surface area contributed by atoms with Crippen LogP contribution < -0.4 is 4.90 Å². The molecule has 1 saturated heterocycles. The molecule has 4 heterocycles. The molecule has 1 atom stereocenters. The molecule has 1 fully saturated rings. The van der Waals surface area contributed by atoms with Crippen molar-refractivity contribution in [1.29, 1.82) is 0 Å². The first-order valence-electron chi connectivity index (χ1n) is 9.70. The summed E-state index contributed by atoms with van der Waals surface area (Å²) in [5.41, 5.74) is 4.33. The number of aliphatic hydroxyl groups excluding tert-OH is 1. The lowest BCUT2D eigenvalue weighted by molar-refractivity contribution is 0.154. The van der Waals surface area contributed by atoms with Crippen LogP contribution in [0.3, 0.4) is 0 Å². The van der Waals surface area contributed by atoms with Crippen molar-refractivity contribution in [2.24, 2.45) is 4.99 Å². The lowest BCUT2D eigenvalue weighted by Crippen LogP contribution is -2.38. The van der Waals surface area contributed by atoms with E-state index in [9.17, 15) is 5.11 Å². The number of aromatic nitrogens is 4. The Labute approximate surface area is 169 Å². The summed E-state index contributed by atoms with van der Waals surface area (Å²) in [7, 11) is 0. The highest BCUT2D eigenvalue weighted by Gasteiger charge is 2.20. The maximum absolute atomic E-state index is 9.98. The van der Waals surface area contributed by atoms with E-state index in [0.717, 1.165) is 58.8 Å². The van der Waals surface area contributed by atoms with Crippen LogP contribution in [0.25, 0.3) is 27.9 Å². The average Bonchev–Trinajstić information content (AvgIpc) is 3.17. The molecule has 1 aliphatic heterocycles. The zero-order chi connectivity index (χ0) is 20.2. The van der Waals surface area contributed by atoms with E-state index in [4.69, 9.17) is 4.98 Å². The smallest absolute Gasteiger partial charge is 0.129 e. The van der Waals surface area contributed by atoms with E-state index in [1.165, 1.54) is 0 Å². The molecule has 0 aliphatic carbocycles. The molecular weight excluding hydrogens is 364 g/mol. The maximum atomic E-state index is 9.98. The number of hydrogen-bond acceptors (Lipinski definition) is 6. The van der Waals surface area contributed by atoms with Gasteiger partial charge in [0.1, 0.15) is 11.5 Å². The van der Waals surface area contributed by atoms with Crippen molar-refractivity contribution < 1.29 is 5.11 Å². The number of anilines is 1. The number of nitrogens with zero attached hydrogens (tertiary/aromatic N) is 5. The Morgan fingerprint density at radius 2 is 2.31 bits per heavy atom. The molecule has 0 aromatic carbocycles. The fourth-order valence-electron chi connectivity index (χ4n) is 3.56. The van der Waals surface area contributed by atoms with Crippen LogP contribution >= 0.6 is 0 Å². The number of aliphatic imine (C=N–C) groups is 1. The van der Waals surface area contributed by atoms with Gasteiger partial charge in [-0.2, -0.15) is 5.10 Å². The zero-order valence-electron chi connectivity index (χ0n) is 16.4. The number of rotatable bonds is 5. The van der Waals surface area contributed by atoms with E-state index in [1.54, 1.807) is 12.4 Å². The first-order chi connectivity index (χ1) is 14.2. The SMILES string of the molecule is C=N/C=C\C=C(/C)c1cc2c(-c3cccc(N4CCC[C@@H](O)C4)n3)n[nH]c2cn1. The van der Waals surface area contributed by atoms with Gasteiger partial charge in [-0.1, -0.05) is 12.1 Å². The Morgan fingerprint density at radius 1 is 1.41 bits per heavy atom. The molecule has 0 radical (unpaired) electrons. The Morgan fingerprint density at radius 3 is 3.14 bits per heavy atom. The number of piperidine rings is 1. The van der Waals surface area contributed by atoms with Gasteiger partial charge in [-0.25, -0.2) is 4.98 Å². The van der Waals surface area contributed by atoms with Crippen molar-refractivity contribution in [2.45, 2.75) is 25.9 Å². The second kappa shape index (κ2) is 8.36. The van der Waals surface area contributed by atoms with Crippen molar-refractivity contribution in [2.75, 3.05) is 18.0 Å². The van der Waals surface area contributed by atoms with Gasteiger partial charge >= 0.3 is 0 Å². The molecule has 148 valence electrons. The molecule has 0 amide bonds. The molecule has 0 saturated carbocycles. The molecule has 7 heteroatoms. The molecule has 1 aliphatic rings. The fourth-order valence-corrected chi connectivity index (χ4v) is 3.56. The number of aromatic amines is 1. The highest BCUT2D eigenvalue weighted by Crippen LogP contribution is 2.28. The minimum absolute atomic E-state index is 0.297. The number of H-pyrrole nitrogens is 1. The van der Waals surface area contributed by atoms with Gasteiger partial charge in [-0.15, -0.1) is 0 Å². The summed E-state index contributed by atoms with van der Waals surface area (Å²) in [6, 6.07) is 7.95. The van der Waals surface area contributed by atoms with Gasteiger partial charge in [0.25, 0.3) is 0 Å². The Balaban J connectivity index is 1.70. The van der Waals surface area contributed by atoms with Gasteiger partial charge in [-0.3, -0.25) is 15.1 Å². The standard InChI is InChI=1S/C22H24N6O/c1-15(6-4-10-23-2)19-12-17-20(13-24-19)26-27-22(17)18-8-3-9-21(25-18)28-11-5-7-16(29)14-28/h3-4,6,8-10,12-13,16,29H,2,5,7,11,14H2,1H3,(H,26,27)/b10-4-,15-6+/t16-/m1/s1. The van der Waals surface area contributed by atoms with Crippen LogP contribution in [0.2, 0.25) is 0 Å². The molecule has 29 heavy (non-hydrogen) atoms. The summed E-state index contributed by atoms with van der Waals surface area (Å²) in [5.74, 6) is 0.866. The number of hydrogen-bond donors (Lipinski definition) is 2. The van der Waals surface area contributed by atoms with Gasteiger partial charge in [0.05, 0.1) is 29.2 Å². The fraction of sp³-hybridized carbons (Fsp3) is 0.273. The predicted molar refractivity (Wildman–Crippen MR) is 117 cm³/mol. The lowest BCUT2D eigenvalue weighted by Gasteiger charge is -2.31. The summed E-state index contributed by atoms with van der Waals surface area (Å²) in [5, 5.41) is 18.5. The zero-order valence-corrected chi connectivity index (χ0v) is 16.4. The Bertz CT molecular complexity index is 1080. The molecule has 2 N–H and O–H groups in total. The van der Waals surface area contributed by atoms with E-state index in [-0.39, 0.29) is 6.10 Å². The molecule has 0 unspecified atom stereocenters. The van der Waals surface area contributed by atoms with Crippen LogP contribution in [-0.2, 0) is 0 Å². The second-order valence-electron chi connectivity index (χ2n) is 7.18. The summed E-state index contributed by atoms with van der Waals surface area (Å²) >= 11 is 0. The highest BCUT2D eigenvalue weighted by atomic mass is 16.3. The third-order valence-electron chi connectivity index (χ3n) is 5.09. The summed E-state index contributed by atoms with van der Waals surface area (Å²) in [6.45, 7) is 6.95. The Hall–Kier alpha value is -3.32. The largest absolute Gasteiger partial charge is 0.391 e. The predicted octanol–water partition coefficient (Wildman–Crippen LogP) is 3.60. The van der Waals surface area contributed by atoms with Crippen molar-refractivity contribution in [3.63, 3.8) is 0 Å². The van der Waals surface area contributed by atoms with E-state index in [2.05, 4.69) is 31.8 Å². The highest BCUT2D eigenvalue weighted by molar-refractivity contribution is 5.93. The number of allylic oxidation sites excluding steroid dienone is 3.